The standard InChI is InChI=1S/C18H15ClFN5O2/c1-10-8-22-18(23-11-2-4-14(20)13(19)6-11)25(17(10)24-27-18)12-3-5-16-15(7-12)21-9-26-16/h2-8,21,23-24H,9H2,1H3. The van der Waals surface area contributed by atoms with Crippen LogP contribution in [0, 0.1) is 5.82 Å². The third kappa shape index (κ3) is 2.48. The fraction of sp³-hybridized carbons (Fsp3) is 0.167. The van der Waals surface area contributed by atoms with Crippen LogP contribution >= 0.6 is 11.6 Å². The summed E-state index contributed by atoms with van der Waals surface area (Å²) in [6.07, 6.45) is 1.72. The molecule has 0 amide bonds. The summed E-state index contributed by atoms with van der Waals surface area (Å²) in [7, 11) is 0. The molecule has 2 bridgehead atoms. The SMILES string of the molecule is CC1=C2NOC(Nc3ccc(F)c(Cl)c3)(N=C1)N2c1ccc2c(c1)NCO2. The van der Waals surface area contributed by atoms with E-state index in [0.717, 1.165) is 28.5 Å². The number of allylic oxidation sites excluding steroid dienone is 1. The number of fused-ring (bicyclic) bond motifs is 3. The van der Waals surface area contributed by atoms with Gasteiger partial charge in [-0.1, -0.05) is 11.6 Å². The lowest BCUT2D eigenvalue weighted by Crippen LogP contribution is -2.51. The number of aliphatic imine (C=N–C) groups is 1. The molecule has 1 saturated heterocycles. The quantitative estimate of drug-likeness (QED) is 0.747. The summed E-state index contributed by atoms with van der Waals surface area (Å²) >= 11 is 5.92. The molecule has 3 heterocycles. The maximum atomic E-state index is 13.5. The minimum Gasteiger partial charge on any atom is -0.471 e. The Hall–Kier alpha value is -2.97. The normalized spacial score (nSPS) is 22.3. The summed E-state index contributed by atoms with van der Waals surface area (Å²) in [5.41, 5.74) is 6.13. The zero-order valence-electron chi connectivity index (χ0n) is 14.2. The highest BCUT2D eigenvalue weighted by Gasteiger charge is 2.49. The van der Waals surface area contributed by atoms with E-state index in [1.54, 1.807) is 12.3 Å². The number of ether oxygens (including phenoxy) is 1. The van der Waals surface area contributed by atoms with Gasteiger partial charge >= 0.3 is 5.97 Å². The van der Waals surface area contributed by atoms with Crippen molar-refractivity contribution in [3.63, 3.8) is 0 Å². The Morgan fingerprint density at radius 2 is 2.19 bits per heavy atom. The Morgan fingerprint density at radius 3 is 3.04 bits per heavy atom. The van der Waals surface area contributed by atoms with E-state index in [0.29, 0.717) is 12.4 Å². The van der Waals surface area contributed by atoms with Crippen molar-refractivity contribution >= 4 is 34.9 Å². The van der Waals surface area contributed by atoms with Gasteiger partial charge in [0.15, 0.2) is 6.73 Å². The molecular formula is C18H15ClFN5O2. The van der Waals surface area contributed by atoms with Crippen molar-refractivity contribution in [1.82, 2.24) is 5.48 Å². The smallest absolute Gasteiger partial charge is 0.351 e. The van der Waals surface area contributed by atoms with E-state index in [9.17, 15) is 4.39 Å². The van der Waals surface area contributed by atoms with E-state index in [1.807, 2.05) is 30.0 Å². The number of nitrogens with zero attached hydrogens (tertiary/aromatic N) is 2. The summed E-state index contributed by atoms with van der Waals surface area (Å²) in [6.45, 7) is 2.37. The number of hydroxylamine groups is 1. The summed E-state index contributed by atoms with van der Waals surface area (Å²) in [5.74, 6) is -0.220. The largest absolute Gasteiger partial charge is 0.471 e. The molecule has 5 rings (SSSR count). The third-order valence-electron chi connectivity index (χ3n) is 4.56. The molecule has 3 aliphatic rings. The molecule has 3 aliphatic heterocycles. The second-order valence-corrected chi connectivity index (χ2v) is 6.74. The molecule has 138 valence electrons. The lowest BCUT2D eigenvalue weighted by molar-refractivity contribution is -0.0214. The summed E-state index contributed by atoms with van der Waals surface area (Å²) in [4.78, 5) is 12.3. The van der Waals surface area contributed by atoms with E-state index >= 15 is 0 Å². The van der Waals surface area contributed by atoms with Gasteiger partial charge in [0.25, 0.3) is 0 Å². The molecular weight excluding hydrogens is 373 g/mol. The Kier molecular flexibility index (Phi) is 3.46. The maximum Gasteiger partial charge on any atom is 0.351 e. The van der Waals surface area contributed by atoms with Crippen LogP contribution in [0.4, 0.5) is 21.5 Å². The van der Waals surface area contributed by atoms with Gasteiger partial charge < -0.3 is 15.4 Å². The first-order valence-corrected chi connectivity index (χ1v) is 8.68. The van der Waals surface area contributed by atoms with Crippen LogP contribution in [0.25, 0.3) is 0 Å². The van der Waals surface area contributed by atoms with Gasteiger partial charge in [-0.15, -0.1) is 0 Å². The molecule has 1 atom stereocenters. The van der Waals surface area contributed by atoms with Crippen molar-refractivity contribution in [2.75, 3.05) is 22.3 Å². The fourth-order valence-corrected chi connectivity index (χ4v) is 3.42. The molecule has 0 saturated carbocycles. The van der Waals surface area contributed by atoms with Crippen LogP contribution in [0.1, 0.15) is 6.92 Å². The van der Waals surface area contributed by atoms with Crippen molar-refractivity contribution in [2.45, 2.75) is 12.9 Å². The second kappa shape index (κ2) is 5.77. The summed E-state index contributed by atoms with van der Waals surface area (Å²) in [5, 5.41) is 6.38. The Bertz CT molecular complexity index is 1010. The van der Waals surface area contributed by atoms with Gasteiger partial charge in [0.2, 0.25) is 0 Å². The van der Waals surface area contributed by atoms with Gasteiger partial charge in [0.1, 0.15) is 17.4 Å². The number of hydrogen-bond donors (Lipinski definition) is 3. The Morgan fingerprint density at radius 1 is 1.30 bits per heavy atom. The van der Waals surface area contributed by atoms with E-state index in [4.69, 9.17) is 21.2 Å². The second-order valence-electron chi connectivity index (χ2n) is 6.34. The lowest BCUT2D eigenvalue weighted by atomic mass is 10.2. The topological polar surface area (TPSA) is 70.2 Å². The third-order valence-corrected chi connectivity index (χ3v) is 4.85. The lowest BCUT2D eigenvalue weighted by Gasteiger charge is -2.36. The van der Waals surface area contributed by atoms with Gasteiger partial charge in [-0.05, 0) is 43.3 Å². The molecule has 0 spiro atoms. The molecule has 1 fully saturated rings. The van der Waals surface area contributed by atoms with Crippen LogP contribution in [-0.4, -0.2) is 18.9 Å². The van der Waals surface area contributed by atoms with Gasteiger partial charge in [-0.25, -0.2) is 19.7 Å². The Labute approximate surface area is 159 Å². The molecule has 27 heavy (non-hydrogen) atoms. The van der Waals surface area contributed by atoms with Gasteiger partial charge in [0.05, 0.1) is 16.4 Å². The van der Waals surface area contributed by atoms with Crippen molar-refractivity contribution in [3.05, 3.63) is 58.6 Å². The van der Waals surface area contributed by atoms with Crippen LogP contribution in [0.15, 0.2) is 52.8 Å². The average Bonchev–Trinajstić information content (AvgIpc) is 3.23. The zero-order valence-corrected chi connectivity index (χ0v) is 15.0. The highest BCUT2D eigenvalue weighted by Crippen LogP contribution is 2.42. The van der Waals surface area contributed by atoms with Crippen molar-refractivity contribution < 1.29 is 14.0 Å². The number of benzene rings is 2. The van der Waals surface area contributed by atoms with Crippen LogP contribution < -0.4 is 25.8 Å². The average molecular weight is 388 g/mol. The van der Waals surface area contributed by atoms with Gasteiger partial charge in [0, 0.05) is 17.5 Å². The summed E-state index contributed by atoms with van der Waals surface area (Å²) < 4.78 is 19.0. The van der Waals surface area contributed by atoms with Crippen molar-refractivity contribution in [2.24, 2.45) is 4.99 Å². The highest BCUT2D eigenvalue weighted by atomic mass is 35.5. The maximum absolute atomic E-state index is 13.5. The first-order chi connectivity index (χ1) is 13.1. The fourth-order valence-electron chi connectivity index (χ4n) is 3.24. The van der Waals surface area contributed by atoms with E-state index in [1.165, 1.54) is 12.1 Å². The number of rotatable bonds is 3. The van der Waals surface area contributed by atoms with Crippen LogP contribution in [0.3, 0.4) is 0 Å². The molecule has 3 N–H and O–H groups in total. The van der Waals surface area contributed by atoms with E-state index in [-0.39, 0.29) is 5.02 Å². The zero-order chi connectivity index (χ0) is 18.6. The number of halogens is 2. The molecule has 7 nitrogen and oxygen atoms in total. The van der Waals surface area contributed by atoms with Crippen LogP contribution in [0.2, 0.25) is 5.02 Å². The predicted octanol–water partition coefficient (Wildman–Crippen LogP) is 3.62. The summed E-state index contributed by atoms with van der Waals surface area (Å²) in [6, 6.07) is 10.1. The van der Waals surface area contributed by atoms with E-state index < -0.39 is 11.8 Å². The van der Waals surface area contributed by atoms with Gasteiger partial charge in [-0.2, -0.15) is 0 Å². The molecule has 2 aromatic rings. The minimum atomic E-state index is -1.27. The first kappa shape index (κ1) is 16.2. The molecule has 9 heteroatoms. The number of nitrogens with one attached hydrogen (secondary N) is 3. The van der Waals surface area contributed by atoms with Crippen molar-refractivity contribution in [3.8, 4) is 5.75 Å². The minimum absolute atomic E-state index is 0.0134. The van der Waals surface area contributed by atoms with Crippen LogP contribution in [-0.2, 0) is 4.84 Å². The molecule has 2 aromatic carbocycles. The number of anilines is 3. The number of hydrogen-bond acceptors (Lipinski definition) is 7. The van der Waals surface area contributed by atoms with Crippen LogP contribution in [0.5, 0.6) is 5.75 Å². The molecule has 0 aromatic heterocycles. The van der Waals surface area contributed by atoms with E-state index in [2.05, 4.69) is 21.1 Å². The first-order valence-electron chi connectivity index (χ1n) is 8.30. The highest BCUT2D eigenvalue weighted by molar-refractivity contribution is 6.31. The molecule has 0 radical (unpaired) electrons. The monoisotopic (exact) mass is 387 g/mol. The predicted molar refractivity (Wildman–Crippen MR) is 101 cm³/mol. The van der Waals surface area contributed by atoms with Crippen molar-refractivity contribution in [1.29, 1.82) is 0 Å². The molecule has 0 aliphatic carbocycles. The van der Waals surface area contributed by atoms with Gasteiger partial charge in [-0.3, -0.25) is 4.90 Å². The Balaban J connectivity index is 1.57. The molecule has 1 unspecified atom stereocenters.